The maximum atomic E-state index is 14.8. The van der Waals surface area contributed by atoms with Crippen LogP contribution in [0.25, 0.3) is 22.9 Å². The lowest BCUT2D eigenvalue weighted by atomic mass is 10.0. The first kappa shape index (κ1) is 26.6. The Kier molecular flexibility index (Phi) is 7.25. The van der Waals surface area contributed by atoms with Gasteiger partial charge in [0.2, 0.25) is 0 Å². The molecule has 1 aromatic carbocycles. The second-order valence-corrected chi connectivity index (χ2v) is 12.1. The van der Waals surface area contributed by atoms with Crippen molar-refractivity contribution in [2.45, 2.75) is 44.5 Å². The second kappa shape index (κ2) is 10.6. The minimum atomic E-state index is -3.54. The van der Waals surface area contributed by atoms with Gasteiger partial charge in [0.1, 0.15) is 29.2 Å². The number of hydrogen-bond acceptors (Lipinski definition) is 9. The van der Waals surface area contributed by atoms with Gasteiger partial charge in [-0.2, -0.15) is 5.10 Å². The molecule has 5 rings (SSSR count). The fourth-order valence-electron chi connectivity index (χ4n) is 4.18. The van der Waals surface area contributed by atoms with Gasteiger partial charge in [0.25, 0.3) is 0 Å². The summed E-state index contributed by atoms with van der Waals surface area (Å²) in [5.41, 5.74) is 1.56. The predicted molar refractivity (Wildman–Crippen MR) is 138 cm³/mol. The van der Waals surface area contributed by atoms with Crippen molar-refractivity contribution in [3.63, 3.8) is 0 Å². The molecule has 0 bridgehead atoms. The lowest BCUT2D eigenvalue weighted by molar-refractivity contribution is -0.118. The Morgan fingerprint density at radius 2 is 1.92 bits per heavy atom. The molecule has 1 saturated carbocycles. The molecule has 3 aromatic heterocycles. The molecule has 204 valence electrons. The normalized spacial score (nSPS) is 14.5. The Balaban J connectivity index is 1.45. The zero-order valence-corrected chi connectivity index (χ0v) is 22.0. The number of anilines is 1. The van der Waals surface area contributed by atoms with Gasteiger partial charge in [-0.3, -0.25) is 9.48 Å². The van der Waals surface area contributed by atoms with Crippen molar-refractivity contribution in [1.82, 2.24) is 24.9 Å². The molecule has 0 radical (unpaired) electrons. The summed E-state index contributed by atoms with van der Waals surface area (Å²) in [6.07, 6.45) is 3.44. The third-order valence-corrected chi connectivity index (χ3v) is 8.59. The molecule has 0 aliphatic heterocycles. The first-order chi connectivity index (χ1) is 18.6. The number of nitrogens with one attached hydrogen (secondary N) is 1. The van der Waals surface area contributed by atoms with E-state index in [2.05, 4.69) is 25.5 Å². The number of hydrogen-bond donors (Lipinski definition) is 1. The van der Waals surface area contributed by atoms with Crippen molar-refractivity contribution in [1.29, 1.82) is 0 Å². The quantitative estimate of drug-likeness (QED) is 0.292. The van der Waals surface area contributed by atoms with E-state index in [9.17, 15) is 22.0 Å². The Labute approximate surface area is 223 Å². The van der Waals surface area contributed by atoms with E-state index in [4.69, 9.17) is 4.52 Å². The molecule has 4 aromatic rings. The van der Waals surface area contributed by atoms with E-state index in [1.165, 1.54) is 17.0 Å². The summed E-state index contributed by atoms with van der Waals surface area (Å²) in [6.45, 7) is 3.53. The van der Waals surface area contributed by atoms with E-state index < -0.39 is 44.3 Å². The smallest absolute Gasteiger partial charge is 0.183 e. The minimum absolute atomic E-state index is 0.0384. The van der Waals surface area contributed by atoms with Crippen molar-refractivity contribution in [2.75, 3.05) is 11.1 Å². The lowest BCUT2D eigenvalue weighted by Gasteiger charge is -2.22. The van der Waals surface area contributed by atoms with E-state index in [-0.39, 0.29) is 29.8 Å². The van der Waals surface area contributed by atoms with Crippen LogP contribution in [0, 0.1) is 17.6 Å². The van der Waals surface area contributed by atoms with Crippen LogP contribution in [0.3, 0.4) is 0 Å². The van der Waals surface area contributed by atoms with E-state index >= 15 is 0 Å². The third kappa shape index (κ3) is 5.87. The van der Waals surface area contributed by atoms with Crippen LogP contribution in [0.4, 0.5) is 14.6 Å². The standard InChI is InChI=1S/C26H26F2N6O4S/c1-15(2)24(23(35)14-39(36,37)17-7-8-17)30-25-19(28)12-29-26(31-25)21-11-22(20-9-10-38-33-20)34(32-21)13-16-5-3-4-6-18(16)27/h3-6,9-12,15,17,24H,7-8,13-14H2,1-2H3,(H,29,30,31)/t24-/m0/s1. The Bertz CT molecular complexity index is 1600. The molecule has 1 N–H and O–H groups in total. The third-order valence-electron chi connectivity index (χ3n) is 6.41. The van der Waals surface area contributed by atoms with Gasteiger partial charge in [-0.25, -0.2) is 27.2 Å². The Morgan fingerprint density at radius 1 is 1.15 bits per heavy atom. The number of sulfone groups is 1. The van der Waals surface area contributed by atoms with Crippen molar-refractivity contribution in [2.24, 2.45) is 5.92 Å². The van der Waals surface area contributed by atoms with Crippen molar-refractivity contribution < 1.29 is 26.5 Å². The monoisotopic (exact) mass is 556 g/mol. The predicted octanol–water partition coefficient (Wildman–Crippen LogP) is 3.90. The number of rotatable bonds is 11. The van der Waals surface area contributed by atoms with E-state index in [1.54, 1.807) is 44.2 Å². The van der Waals surface area contributed by atoms with Gasteiger partial charge in [-0.05, 0) is 30.9 Å². The van der Waals surface area contributed by atoms with Gasteiger partial charge in [-0.15, -0.1) is 0 Å². The van der Waals surface area contributed by atoms with Gasteiger partial charge in [0, 0.05) is 11.6 Å². The molecule has 1 fully saturated rings. The van der Waals surface area contributed by atoms with E-state index in [0.29, 0.717) is 29.8 Å². The van der Waals surface area contributed by atoms with Crippen LogP contribution in [-0.4, -0.2) is 56.2 Å². The van der Waals surface area contributed by atoms with Crippen LogP contribution in [0.15, 0.2) is 53.4 Å². The molecule has 39 heavy (non-hydrogen) atoms. The average Bonchev–Trinajstić information content (AvgIpc) is 3.47. The molecule has 0 amide bonds. The molecular weight excluding hydrogens is 530 g/mol. The topological polar surface area (TPSA) is 133 Å². The van der Waals surface area contributed by atoms with Gasteiger partial charge < -0.3 is 9.84 Å². The number of ketones is 1. The van der Waals surface area contributed by atoms with Crippen LogP contribution in [0.5, 0.6) is 0 Å². The van der Waals surface area contributed by atoms with Gasteiger partial charge in [0.15, 0.2) is 33.1 Å². The fraction of sp³-hybridized carbons (Fsp3) is 0.346. The molecule has 1 aliphatic rings. The van der Waals surface area contributed by atoms with Crippen LogP contribution in [-0.2, 0) is 21.2 Å². The van der Waals surface area contributed by atoms with E-state index in [0.717, 1.165) is 6.20 Å². The zero-order valence-electron chi connectivity index (χ0n) is 21.2. The number of carbonyl (C=O) groups is 1. The zero-order chi connectivity index (χ0) is 27.7. The highest BCUT2D eigenvalue weighted by Crippen LogP contribution is 2.30. The molecule has 3 heterocycles. The number of carbonyl (C=O) groups excluding carboxylic acids is 1. The second-order valence-electron chi connectivity index (χ2n) is 9.78. The number of halogens is 2. The highest BCUT2D eigenvalue weighted by Gasteiger charge is 2.39. The number of Topliss-reactive ketones (excluding diaryl/α,β-unsaturated/α-hetero) is 1. The molecule has 1 aliphatic carbocycles. The Morgan fingerprint density at radius 3 is 2.59 bits per heavy atom. The summed E-state index contributed by atoms with van der Waals surface area (Å²) in [5, 5.41) is 10.8. The summed E-state index contributed by atoms with van der Waals surface area (Å²) in [7, 11) is -3.54. The summed E-state index contributed by atoms with van der Waals surface area (Å²) in [5.74, 6) is -2.96. The summed E-state index contributed by atoms with van der Waals surface area (Å²) < 4.78 is 60.4. The van der Waals surface area contributed by atoms with Crippen LogP contribution >= 0.6 is 0 Å². The summed E-state index contributed by atoms with van der Waals surface area (Å²) in [6, 6.07) is 8.52. The van der Waals surface area contributed by atoms with Gasteiger partial charge >= 0.3 is 0 Å². The minimum Gasteiger partial charge on any atom is -0.364 e. The largest absolute Gasteiger partial charge is 0.364 e. The van der Waals surface area contributed by atoms with Crippen molar-refractivity contribution in [3.8, 4) is 22.9 Å². The highest BCUT2D eigenvalue weighted by molar-refractivity contribution is 7.93. The van der Waals surface area contributed by atoms with E-state index in [1.807, 2.05) is 0 Å². The van der Waals surface area contributed by atoms with Crippen LogP contribution < -0.4 is 5.32 Å². The van der Waals surface area contributed by atoms with Gasteiger partial charge in [-0.1, -0.05) is 37.2 Å². The maximum absolute atomic E-state index is 14.8. The Hall–Kier alpha value is -4.00. The molecule has 13 heteroatoms. The van der Waals surface area contributed by atoms with Crippen molar-refractivity contribution >= 4 is 21.4 Å². The number of nitrogens with zero attached hydrogens (tertiary/aromatic N) is 5. The van der Waals surface area contributed by atoms with Gasteiger partial charge in [0.05, 0.1) is 29.7 Å². The highest BCUT2D eigenvalue weighted by atomic mass is 32.2. The molecular formula is C26H26F2N6O4S. The molecule has 1 atom stereocenters. The maximum Gasteiger partial charge on any atom is 0.183 e. The first-order valence-electron chi connectivity index (χ1n) is 12.4. The SMILES string of the molecule is CC(C)[C@H](Nc1nc(-c2cc(-c3ccon3)n(Cc3ccccc3F)n2)ncc1F)C(=O)CS(=O)(=O)C1CC1. The summed E-state index contributed by atoms with van der Waals surface area (Å²) >= 11 is 0. The number of benzene rings is 1. The molecule has 0 saturated heterocycles. The van der Waals surface area contributed by atoms with Crippen LogP contribution in [0.2, 0.25) is 0 Å². The van der Waals surface area contributed by atoms with Crippen LogP contribution in [0.1, 0.15) is 32.3 Å². The summed E-state index contributed by atoms with van der Waals surface area (Å²) in [4.78, 5) is 21.2. The first-order valence-corrected chi connectivity index (χ1v) is 14.1. The van der Waals surface area contributed by atoms with Crippen molar-refractivity contribution in [3.05, 3.63) is 66.1 Å². The lowest BCUT2D eigenvalue weighted by Crippen LogP contribution is -2.39. The molecule has 10 nitrogen and oxygen atoms in total. The molecule has 0 spiro atoms. The fourth-order valence-corrected chi connectivity index (χ4v) is 5.84. The molecule has 0 unspecified atom stereocenters. The number of aromatic nitrogens is 5. The average molecular weight is 557 g/mol.